The van der Waals surface area contributed by atoms with Crippen LogP contribution in [0.4, 0.5) is 5.95 Å². The number of fused-ring (bicyclic) bond motifs is 1. The highest BCUT2D eigenvalue weighted by Gasteiger charge is 2.23. The van der Waals surface area contributed by atoms with Crippen molar-refractivity contribution in [1.29, 1.82) is 0 Å². The first-order chi connectivity index (χ1) is 13.5. The molecule has 0 aliphatic carbocycles. The summed E-state index contributed by atoms with van der Waals surface area (Å²) in [5.74, 6) is 0.833. The van der Waals surface area contributed by atoms with Gasteiger partial charge in [-0.15, -0.1) is 0 Å². The third-order valence-corrected chi connectivity index (χ3v) is 5.14. The number of H-pyrrole nitrogens is 2. The van der Waals surface area contributed by atoms with E-state index in [1.54, 1.807) is 23.0 Å². The fraction of sp³-hybridized carbons (Fsp3) is 0.421. The Morgan fingerprint density at radius 1 is 1.21 bits per heavy atom. The molecule has 28 heavy (non-hydrogen) atoms. The molecule has 1 fully saturated rings. The summed E-state index contributed by atoms with van der Waals surface area (Å²) in [5.41, 5.74) is 1.99. The number of aromatic nitrogens is 4. The summed E-state index contributed by atoms with van der Waals surface area (Å²) in [4.78, 5) is 41.5. The first-order valence-corrected chi connectivity index (χ1v) is 9.44. The summed E-state index contributed by atoms with van der Waals surface area (Å²) < 4.78 is 1.70. The summed E-state index contributed by atoms with van der Waals surface area (Å²) in [6.07, 6.45) is 3.53. The molecular weight excluding hydrogens is 358 g/mol. The highest BCUT2D eigenvalue weighted by Crippen LogP contribution is 2.17. The van der Waals surface area contributed by atoms with Crippen molar-refractivity contribution in [3.63, 3.8) is 0 Å². The van der Waals surface area contributed by atoms with Crippen molar-refractivity contribution in [1.82, 2.24) is 29.3 Å². The van der Waals surface area contributed by atoms with Gasteiger partial charge in [-0.1, -0.05) is 0 Å². The second-order valence-electron chi connectivity index (χ2n) is 7.31. The molecule has 1 aliphatic heterocycles. The van der Waals surface area contributed by atoms with E-state index in [2.05, 4.69) is 19.9 Å². The largest absolute Gasteiger partial charge is 0.339 e. The lowest BCUT2D eigenvalue weighted by atomic mass is 10.1. The lowest BCUT2D eigenvalue weighted by molar-refractivity contribution is 0.0746. The molecule has 3 aromatic rings. The molecule has 0 bridgehead atoms. The van der Waals surface area contributed by atoms with Gasteiger partial charge in [0.1, 0.15) is 0 Å². The zero-order valence-corrected chi connectivity index (χ0v) is 16.2. The minimum absolute atomic E-state index is 0.00574. The van der Waals surface area contributed by atoms with Crippen molar-refractivity contribution < 1.29 is 4.79 Å². The Hall–Kier alpha value is -3.07. The van der Waals surface area contributed by atoms with Crippen LogP contribution >= 0.6 is 0 Å². The van der Waals surface area contributed by atoms with E-state index in [-0.39, 0.29) is 11.6 Å². The van der Waals surface area contributed by atoms with Crippen molar-refractivity contribution in [2.24, 2.45) is 0 Å². The molecule has 2 aromatic heterocycles. The number of imidazole rings is 2. The number of hydrogen-bond acceptors (Lipinski definition) is 5. The van der Waals surface area contributed by atoms with Gasteiger partial charge >= 0.3 is 5.69 Å². The number of nitrogens with zero attached hydrogens (tertiary/aromatic N) is 5. The van der Waals surface area contributed by atoms with Crippen LogP contribution < -0.4 is 10.6 Å². The monoisotopic (exact) mass is 383 g/mol. The molecule has 1 saturated heterocycles. The first kappa shape index (κ1) is 18.3. The van der Waals surface area contributed by atoms with Crippen molar-refractivity contribution >= 4 is 22.9 Å². The van der Waals surface area contributed by atoms with Crippen LogP contribution in [0.1, 0.15) is 10.4 Å². The predicted octanol–water partition coefficient (Wildman–Crippen LogP) is 0.577. The predicted molar refractivity (Wildman–Crippen MR) is 108 cm³/mol. The molecule has 0 radical (unpaired) electrons. The topological polar surface area (TPSA) is 93.3 Å². The Labute approximate surface area is 162 Å². The van der Waals surface area contributed by atoms with E-state index in [0.29, 0.717) is 25.2 Å². The standard InChI is InChI=1S/C19H25N7O2/c1-23(2)7-12-26-16-13-14(3-4-15(16)22-19(26)28)17(27)24-8-10-25(11-9-24)18-20-5-6-21-18/h3-6,13H,7-12H2,1-2H3,(H,20,21)(H,22,28). The number of rotatable bonds is 5. The summed E-state index contributed by atoms with van der Waals surface area (Å²) in [6.45, 7) is 4.07. The summed E-state index contributed by atoms with van der Waals surface area (Å²) >= 11 is 0. The van der Waals surface area contributed by atoms with Crippen LogP contribution in [0, 0.1) is 0 Å². The van der Waals surface area contributed by atoms with Gasteiger partial charge in [0.25, 0.3) is 5.91 Å². The number of nitrogens with one attached hydrogen (secondary N) is 2. The quantitative estimate of drug-likeness (QED) is 0.672. The van der Waals surface area contributed by atoms with Gasteiger partial charge in [-0.2, -0.15) is 0 Å². The smallest absolute Gasteiger partial charge is 0.326 e. The van der Waals surface area contributed by atoms with Crippen LogP contribution in [0.5, 0.6) is 0 Å². The molecule has 1 aliphatic rings. The second-order valence-corrected chi connectivity index (χ2v) is 7.31. The minimum atomic E-state index is -0.145. The molecule has 0 atom stereocenters. The van der Waals surface area contributed by atoms with Crippen LogP contribution in [0.2, 0.25) is 0 Å². The van der Waals surface area contributed by atoms with E-state index in [4.69, 9.17) is 0 Å². The van der Waals surface area contributed by atoms with E-state index >= 15 is 0 Å². The molecular formula is C19H25N7O2. The Balaban J connectivity index is 1.51. The summed E-state index contributed by atoms with van der Waals surface area (Å²) in [7, 11) is 3.94. The average Bonchev–Trinajstić information content (AvgIpc) is 3.33. The molecule has 148 valence electrons. The molecule has 2 N–H and O–H groups in total. The first-order valence-electron chi connectivity index (χ1n) is 9.44. The molecule has 1 amide bonds. The Bertz CT molecular complexity index is 1010. The van der Waals surface area contributed by atoms with Crippen molar-refractivity contribution in [2.75, 3.05) is 51.7 Å². The van der Waals surface area contributed by atoms with Crippen LogP contribution in [-0.2, 0) is 6.54 Å². The fourth-order valence-corrected chi connectivity index (χ4v) is 3.54. The number of carbonyl (C=O) groups excluding carboxylic acids is 1. The fourth-order valence-electron chi connectivity index (χ4n) is 3.54. The number of anilines is 1. The molecule has 0 saturated carbocycles. The zero-order chi connectivity index (χ0) is 19.7. The van der Waals surface area contributed by atoms with E-state index in [1.807, 2.05) is 36.0 Å². The summed E-state index contributed by atoms with van der Waals surface area (Å²) in [5, 5.41) is 0. The number of benzene rings is 1. The van der Waals surface area contributed by atoms with Crippen molar-refractivity contribution in [2.45, 2.75) is 6.54 Å². The van der Waals surface area contributed by atoms with E-state index in [1.165, 1.54) is 0 Å². The molecule has 1 aromatic carbocycles. The molecule has 3 heterocycles. The van der Waals surface area contributed by atoms with Gasteiger partial charge in [0, 0.05) is 57.2 Å². The zero-order valence-electron chi connectivity index (χ0n) is 16.2. The minimum Gasteiger partial charge on any atom is -0.339 e. The van der Waals surface area contributed by atoms with Crippen LogP contribution in [-0.4, -0.2) is 82.0 Å². The highest BCUT2D eigenvalue weighted by molar-refractivity contribution is 5.97. The van der Waals surface area contributed by atoms with Crippen molar-refractivity contribution in [3.05, 3.63) is 46.6 Å². The Morgan fingerprint density at radius 2 is 2.00 bits per heavy atom. The van der Waals surface area contributed by atoms with Gasteiger partial charge in [-0.3, -0.25) is 9.36 Å². The van der Waals surface area contributed by atoms with E-state index in [9.17, 15) is 9.59 Å². The van der Waals surface area contributed by atoms with Gasteiger partial charge in [0.15, 0.2) is 0 Å². The Morgan fingerprint density at radius 3 is 2.68 bits per heavy atom. The molecule has 9 nitrogen and oxygen atoms in total. The number of amides is 1. The summed E-state index contributed by atoms with van der Waals surface area (Å²) in [6, 6.07) is 5.43. The Kier molecular flexibility index (Phi) is 4.91. The van der Waals surface area contributed by atoms with Gasteiger partial charge < -0.3 is 24.7 Å². The van der Waals surface area contributed by atoms with Gasteiger partial charge in [0.2, 0.25) is 5.95 Å². The number of piperazine rings is 1. The lowest BCUT2D eigenvalue weighted by Gasteiger charge is -2.34. The maximum absolute atomic E-state index is 13.0. The highest BCUT2D eigenvalue weighted by atomic mass is 16.2. The number of hydrogen-bond donors (Lipinski definition) is 2. The number of likely N-dealkylation sites (N-methyl/N-ethyl adjacent to an activating group) is 1. The van der Waals surface area contributed by atoms with Gasteiger partial charge in [0.05, 0.1) is 11.0 Å². The normalized spacial score (nSPS) is 15.0. The van der Waals surface area contributed by atoms with Gasteiger partial charge in [-0.05, 0) is 32.3 Å². The molecule has 9 heteroatoms. The second kappa shape index (κ2) is 7.51. The third kappa shape index (κ3) is 3.53. The average molecular weight is 383 g/mol. The van der Waals surface area contributed by atoms with Crippen molar-refractivity contribution in [3.8, 4) is 0 Å². The third-order valence-electron chi connectivity index (χ3n) is 5.14. The van der Waals surface area contributed by atoms with Gasteiger partial charge in [-0.25, -0.2) is 9.78 Å². The van der Waals surface area contributed by atoms with E-state index < -0.39 is 0 Å². The molecule has 0 unspecified atom stereocenters. The lowest BCUT2D eigenvalue weighted by Crippen LogP contribution is -2.49. The SMILES string of the molecule is CN(C)CCn1c(=O)[nH]c2ccc(C(=O)N3CCN(c4ncc[nH]4)CC3)cc21. The van der Waals surface area contributed by atoms with Crippen LogP contribution in [0.25, 0.3) is 11.0 Å². The maximum atomic E-state index is 13.0. The van der Waals surface area contributed by atoms with Crippen LogP contribution in [0.15, 0.2) is 35.4 Å². The maximum Gasteiger partial charge on any atom is 0.326 e. The van der Waals surface area contributed by atoms with Crippen LogP contribution in [0.3, 0.4) is 0 Å². The van der Waals surface area contributed by atoms with E-state index in [0.717, 1.165) is 36.6 Å². The number of carbonyl (C=O) groups is 1. The molecule has 4 rings (SSSR count). The number of aromatic amines is 2. The molecule has 0 spiro atoms.